The summed E-state index contributed by atoms with van der Waals surface area (Å²) in [6, 6.07) is 12.4. The summed E-state index contributed by atoms with van der Waals surface area (Å²) in [4.78, 5) is 12.6. The van der Waals surface area contributed by atoms with Gasteiger partial charge < -0.3 is 19.5 Å². The molecule has 0 radical (unpaired) electrons. The van der Waals surface area contributed by atoms with Crippen molar-refractivity contribution in [3.05, 3.63) is 53.1 Å². The number of rotatable bonds is 8. The Hall–Kier alpha value is -2.40. The van der Waals surface area contributed by atoms with Gasteiger partial charge in [0.25, 0.3) is 5.91 Å². The van der Waals surface area contributed by atoms with Crippen LogP contribution in [0.25, 0.3) is 0 Å². The lowest BCUT2D eigenvalue weighted by Gasteiger charge is -2.21. The lowest BCUT2D eigenvalue weighted by molar-refractivity contribution is -0.128. The van der Waals surface area contributed by atoms with Crippen LogP contribution in [0.4, 0.5) is 0 Å². The zero-order chi connectivity index (χ0) is 19.1. The quantitative estimate of drug-likeness (QED) is 0.741. The molecule has 0 aromatic heterocycles. The first kappa shape index (κ1) is 19.9. The highest BCUT2D eigenvalue weighted by Gasteiger charge is 2.22. The highest BCUT2D eigenvalue weighted by atomic mass is 35.5. The molecule has 2 rings (SSSR count). The Balaban J connectivity index is 2.08. The van der Waals surface area contributed by atoms with Crippen LogP contribution < -0.4 is 19.5 Å². The summed E-state index contributed by atoms with van der Waals surface area (Å²) in [5.74, 6) is 1.55. The van der Waals surface area contributed by atoms with E-state index in [1.165, 1.54) is 0 Å². The van der Waals surface area contributed by atoms with Crippen LogP contribution in [0.1, 0.15) is 31.9 Å². The Morgan fingerprint density at radius 2 is 1.77 bits per heavy atom. The molecule has 2 aromatic rings. The largest absolute Gasteiger partial charge is 0.493 e. The Morgan fingerprint density at radius 3 is 2.38 bits per heavy atom. The Labute approximate surface area is 159 Å². The minimum atomic E-state index is -0.627. The molecule has 0 fully saturated rings. The van der Waals surface area contributed by atoms with Crippen molar-refractivity contribution < 1.29 is 19.0 Å². The molecule has 0 aliphatic heterocycles. The van der Waals surface area contributed by atoms with Gasteiger partial charge in [0.15, 0.2) is 17.6 Å². The molecular formula is C20H24ClNO4. The maximum absolute atomic E-state index is 12.6. The van der Waals surface area contributed by atoms with E-state index in [0.29, 0.717) is 28.7 Å². The standard InChI is InChI=1S/C20H24ClNO4/c1-5-16(26-17-9-7-6-8-15(17)21)20(23)22-13(2)14-10-11-18(24-3)19(12-14)25-4/h6-13,16H,5H2,1-4H3,(H,22,23)/t13-,16+/m0/s1. The highest BCUT2D eigenvalue weighted by Crippen LogP contribution is 2.30. The van der Waals surface area contributed by atoms with Gasteiger partial charge in [-0.25, -0.2) is 0 Å². The van der Waals surface area contributed by atoms with Gasteiger partial charge in [0.2, 0.25) is 0 Å². The van der Waals surface area contributed by atoms with Gasteiger partial charge in [0, 0.05) is 0 Å². The average Bonchev–Trinajstić information content (AvgIpc) is 2.66. The third kappa shape index (κ3) is 4.82. The van der Waals surface area contributed by atoms with E-state index in [9.17, 15) is 4.79 Å². The first-order chi connectivity index (χ1) is 12.5. The van der Waals surface area contributed by atoms with Crippen molar-refractivity contribution in [2.45, 2.75) is 32.4 Å². The highest BCUT2D eigenvalue weighted by molar-refractivity contribution is 6.32. The van der Waals surface area contributed by atoms with Crippen LogP contribution >= 0.6 is 11.6 Å². The van der Waals surface area contributed by atoms with E-state index in [2.05, 4.69) is 5.32 Å². The van der Waals surface area contributed by atoms with Gasteiger partial charge in [0.05, 0.1) is 25.3 Å². The molecule has 2 aromatic carbocycles. The number of carbonyl (C=O) groups is 1. The van der Waals surface area contributed by atoms with E-state index in [0.717, 1.165) is 5.56 Å². The second kappa shape index (κ2) is 9.34. The predicted molar refractivity (Wildman–Crippen MR) is 102 cm³/mol. The zero-order valence-corrected chi connectivity index (χ0v) is 16.2. The normalized spacial score (nSPS) is 12.8. The van der Waals surface area contributed by atoms with Crippen molar-refractivity contribution in [2.24, 2.45) is 0 Å². The third-order valence-electron chi connectivity index (χ3n) is 4.04. The minimum Gasteiger partial charge on any atom is -0.493 e. The Kier molecular flexibility index (Phi) is 7.16. The van der Waals surface area contributed by atoms with Crippen LogP contribution in [0.2, 0.25) is 5.02 Å². The zero-order valence-electron chi connectivity index (χ0n) is 15.4. The maximum atomic E-state index is 12.6. The Bertz CT molecular complexity index is 750. The first-order valence-electron chi connectivity index (χ1n) is 8.43. The molecule has 0 heterocycles. The van der Waals surface area contributed by atoms with Gasteiger partial charge in [-0.2, -0.15) is 0 Å². The summed E-state index contributed by atoms with van der Waals surface area (Å²) in [7, 11) is 3.16. The van der Waals surface area contributed by atoms with Crippen LogP contribution in [-0.4, -0.2) is 26.2 Å². The van der Waals surface area contributed by atoms with Crippen LogP contribution in [0.15, 0.2) is 42.5 Å². The van der Waals surface area contributed by atoms with Crippen LogP contribution in [-0.2, 0) is 4.79 Å². The van der Waals surface area contributed by atoms with E-state index in [-0.39, 0.29) is 11.9 Å². The SMILES string of the molecule is CC[C@@H](Oc1ccccc1Cl)C(=O)N[C@@H](C)c1ccc(OC)c(OC)c1. The second-order valence-corrected chi connectivity index (χ2v) is 6.20. The van der Waals surface area contributed by atoms with Crippen molar-refractivity contribution in [1.82, 2.24) is 5.32 Å². The number of carbonyl (C=O) groups excluding carboxylic acids is 1. The van der Waals surface area contributed by atoms with Gasteiger partial charge in [-0.15, -0.1) is 0 Å². The number of hydrogen-bond acceptors (Lipinski definition) is 4. The number of amides is 1. The molecule has 26 heavy (non-hydrogen) atoms. The number of benzene rings is 2. The van der Waals surface area contributed by atoms with E-state index in [1.807, 2.05) is 44.2 Å². The van der Waals surface area contributed by atoms with Gasteiger partial charge in [-0.3, -0.25) is 4.79 Å². The molecule has 0 saturated carbocycles. The van der Waals surface area contributed by atoms with Gasteiger partial charge in [0.1, 0.15) is 5.75 Å². The summed E-state index contributed by atoms with van der Waals surface area (Å²) in [5, 5.41) is 3.45. The van der Waals surface area contributed by atoms with Crippen LogP contribution in [0.3, 0.4) is 0 Å². The van der Waals surface area contributed by atoms with Crippen LogP contribution in [0.5, 0.6) is 17.2 Å². The fourth-order valence-electron chi connectivity index (χ4n) is 2.53. The topological polar surface area (TPSA) is 56.8 Å². The summed E-state index contributed by atoms with van der Waals surface area (Å²) in [6.07, 6.45) is -0.104. The maximum Gasteiger partial charge on any atom is 0.261 e. The molecule has 140 valence electrons. The molecule has 1 amide bonds. The fourth-order valence-corrected chi connectivity index (χ4v) is 2.71. The number of nitrogens with one attached hydrogen (secondary N) is 1. The van der Waals surface area contributed by atoms with E-state index in [1.54, 1.807) is 26.4 Å². The number of para-hydroxylation sites is 1. The fraction of sp³-hybridized carbons (Fsp3) is 0.350. The van der Waals surface area contributed by atoms with E-state index >= 15 is 0 Å². The van der Waals surface area contributed by atoms with Crippen molar-refractivity contribution in [3.8, 4) is 17.2 Å². The predicted octanol–water partition coefficient (Wildman–Crippen LogP) is 4.39. The number of methoxy groups -OCH3 is 2. The molecule has 0 saturated heterocycles. The molecule has 0 aliphatic carbocycles. The third-order valence-corrected chi connectivity index (χ3v) is 4.35. The Morgan fingerprint density at radius 1 is 1.08 bits per heavy atom. The number of hydrogen-bond donors (Lipinski definition) is 1. The average molecular weight is 378 g/mol. The summed E-state index contributed by atoms with van der Waals surface area (Å²) in [5.41, 5.74) is 0.906. The molecule has 6 heteroatoms. The summed E-state index contributed by atoms with van der Waals surface area (Å²) in [6.45, 7) is 3.80. The van der Waals surface area contributed by atoms with E-state index < -0.39 is 6.10 Å². The van der Waals surface area contributed by atoms with Gasteiger partial charge in [-0.05, 0) is 43.2 Å². The monoisotopic (exact) mass is 377 g/mol. The number of halogens is 1. The van der Waals surface area contributed by atoms with Crippen molar-refractivity contribution in [3.63, 3.8) is 0 Å². The van der Waals surface area contributed by atoms with Crippen LogP contribution in [0, 0.1) is 0 Å². The molecule has 0 unspecified atom stereocenters. The van der Waals surface area contributed by atoms with Gasteiger partial charge >= 0.3 is 0 Å². The minimum absolute atomic E-state index is 0.199. The van der Waals surface area contributed by atoms with Crippen molar-refractivity contribution >= 4 is 17.5 Å². The first-order valence-corrected chi connectivity index (χ1v) is 8.81. The van der Waals surface area contributed by atoms with Gasteiger partial charge in [-0.1, -0.05) is 36.7 Å². The van der Waals surface area contributed by atoms with Crippen molar-refractivity contribution in [2.75, 3.05) is 14.2 Å². The smallest absolute Gasteiger partial charge is 0.261 e. The molecular weight excluding hydrogens is 354 g/mol. The lowest BCUT2D eigenvalue weighted by atomic mass is 10.1. The summed E-state index contributed by atoms with van der Waals surface area (Å²) < 4.78 is 16.3. The molecule has 1 N–H and O–H groups in total. The number of ether oxygens (including phenoxy) is 3. The molecule has 0 aliphatic rings. The van der Waals surface area contributed by atoms with E-state index in [4.69, 9.17) is 25.8 Å². The molecule has 0 bridgehead atoms. The molecule has 2 atom stereocenters. The lowest BCUT2D eigenvalue weighted by Crippen LogP contribution is -2.39. The molecule has 5 nitrogen and oxygen atoms in total. The second-order valence-electron chi connectivity index (χ2n) is 5.79. The summed E-state index contributed by atoms with van der Waals surface area (Å²) >= 11 is 6.11. The van der Waals surface area contributed by atoms with Crippen molar-refractivity contribution in [1.29, 1.82) is 0 Å². The molecule has 0 spiro atoms.